The highest BCUT2D eigenvalue weighted by atomic mass is 32.1. The maximum absolute atomic E-state index is 12.8. The number of furan rings is 1. The van der Waals surface area contributed by atoms with Crippen LogP contribution in [-0.4, -0.2) is 51.3 Å². The molecule has 0 bridgehead atoms. The second kappa shape index (κ2) is 10.2. The third-order valence-electron chi connectivity index (χ3n) is 5.57. The number of carbonyl (C=O) groups excluding carboxylic acids is 1. The first-order valence-corrected chi connectivity index (χ1v) is 11.5. The van der Waals surface area contributed by atoms with E-state index in [0.29, 0.717) is 24.7 Å². The van der Waals surface area contributed by atoms with Crippen LogP contribution in [-0.2, 0) is 11.2 Å². The predicted octanol–water partition coefficient (Wildman–Crippen LogP) is 4.59. The van der Waals surface area contributed by atoms with Gasteiger partial charge in [-0.05, 0) is 30.7 Å². The van der Waals surface area contributed by atoms with E-state index < -0.39 is 0 Å². The zero-order valence-corrected chi connectivity index (χ0v) is 19.4. The molecule has 1 aliphatic heterocycles. The molecule has 1 aliphatic rings. The first kappa shape index (κ1) is 22.4. The highest BCUT2D eigenvalue weighted by molar-refractivity contribution is 7.16. The molecule has 1 unspecified atom stereocenters. The van der Waals surface area contributed by atoms with Crippen molar-refractivity contribution in [1.82, 2.24) is 4.90 Å². The van der Waals surface area contributed by atoms with Crippen molar-refractivity contribution in [1.29, 1.82) is 0 Å². The van der Waals surface area contributed by atoms with Gasteiger partial charge in [-0.2, -0.15) is 0 Å². The minimum absolute atomic E-state index is 0.132. The summed E-state index contributed by atoms with van der Waals surface area (Å²) < 4.78 is 22.3. The number of carbonyl (C=O) groups is 1. The van der Waals surface area contributed by atoms with Gasteiger partial charge in [-0.25, -0.2) is 0 Å². The lowest BCUT2D eigenvalue weighted by Crippen LogP contribution is -2.39. The fourth-order valence-electron chi connectivity index (χ4n) is 4.03. The Morgan fingerprint density at radius 2 is 1.97 bits per heavy atom. The predicted molar refractivity (Wildman–Crippen MR) is 124 cm³/mol. The topological polar surface area (TPSA) is 73.2 Å². The Hall–Kier alpha value is -2.81. The Morgan fingerprint density at radius 1 is 1.16 bits per heavy atom. The molecule has 170 valence electrons. The van der Waals surface area contributed by atoms with Crippen LogP contribution in [0, 0.1) is 0 Å². The van der Waals surface area contributed by atoms with Gasteiger partial charge in [0.05, 0.1) is 39.7 Å². The van der Waals surface area contributed by atoms with Crippen LogP contribution in [0.5, 0.6) is 11.5 Å². The molecule has 3 heterocycles. The summed E-state index contributed by atoms with van der Waals surface area (Å²) in [4.78, 5) is 16.4. The third-order valence-corrected chi connectivity index (χ3v) is 6.78. The standard InChI is InChI=1S/C24H28N2O5S/c1-4-16-15-18(24(32-16)25-23(27)20-9-6-12-31-20)21(26-10-13-30-14-11-26)17-7-5-8-19(28-2)22(17)29-3/h5-9,12,15,21H,4,10-11,13-14H2,1-3H3,(H,25,27). The van der Waals surface area contributed by atoms with Gasteiger partial charge in [-0.15, -0.1) is 11.3 Å². The molecule has 3 aromatic rings. The van der Waals surface area contributed by atoms with Gasteiger partial charge in [0.1, 0.15) is 5.00 Å². The highest BCUT2D eigenvalue weighted by Crippen LogP contribution is 2.45. The normalized spacial score (nSPS) is 15.3. The Kier molecular flexibility index (Phi) is 7.14. The Balaban J connectivity index is 1.82. The first-order valence-electron chi connectivity index (χ1n) is 10.7. The molecule has 1 saturated heterocycles. The van der Waals surface area contributed by atoms with Crippen LogP contribution >= 0.6 is 11.3 Å². The number of anilines is 1. The molecule has 0 spiro atoms. The summed E-state index contributed by atoms with van der Waals surface area (Å²) in [5, 5.41) is 3.89. The number of hydrogen-bond acceptors (Lipinski definition) is 7. The average Bonchev–Trinajstić information content (AvgIpc) is 3.50. The first-order chi connectivity index (χ1) is 15.7. The van der Waals surface area contributed by atoms with E-state index in [2.05, 4.69) is 29.3 Å². The molecular formula is C24H28N2O5S. The molecule has 0 radical (unpaired) electrons. The number of morpholine rings is 1. The number of amides is 1. The van der Waals surface area contributed by atoms with Crippen LogP contribution < -0.4 is 14.8 Å². The fourth-order valence-corrected chi connectivity index (χ4v) is 5.05. The van der Waals surface area contributed by atoms with Crippen molar-refractivity contribution in [2.45, 2.75) is 19.4 Å². The van der Waals surface area contributed by atoms with Crippen LogP contribution in [0.25, 0.3) is 0 Å². The molecule has 8 heteroatoms. The summed E-state index contributed by atoms with van der Waals surface area (Å²) >= 11 is 1.59. The van der Waals surface area contributed by atoms with Crippen LogP contribution in [0.3, 0.4) is 0 Å². The number of benzene rings is 1. The van der Waals surface area contributed by atoms with Gasteiger partial charge in [0, 0.05) is 29.1 Å². The lowest BCUT2D eigenvalue weighted by molar-refractivity contribution is 0.0236. The number of thiophene rings is 1. The number of methoxy groups -OCH3 is 2. The number of para-hydroxylation sites is 1. The van der Waals surface area contributed by atoms with E-state index in [1.54, 1.807) is 37.7 Å². The Bertz CT molecular complexity index is 1040. The summed E-state index contributed by atoms with van der Waals surface area (Å²) in [6.45, 7) is 4.97. The molecule has 1 fully saturated rings. The minimum atomic E-state index is -0.265. The molecule has 2 aromatic heterocycles. The van der Waals surface area contributed by atoms with Crippen molar-refractivity contribution in [2.75, 3.05) is 45.8 Å². The van der Waals surface area contributed by atoms with Crippen LogP contribution in [0.2, 0.25) is 0 Å². The molecule has 7 nitrogen and oxygen atoms in total. The number of nitrogens with one attached hydrogen (secondary N) is 1. The number of rotatable bonds is 8. The van der Waals surface area contributed by atoms with Gasteiger partial charge >= 0.3 is 0 Å². The van der Waals surface area contributed by atoms with Crippen molar-refractivity contribution in [3.8, 4) is 11.5 Å². The smallest absolute Gasteiger partial charge is 0.291 e. The molecule has 0 aliphatic carbocycles. The van der Waals surface area contributed by atoms with Crippen molar-refractivity contribution in [2.24, 2.45) is 0 Å². The van der Waals surface area contributed by atoms with Gasteiger partial charge in [0.15, 0.2) is 17.3 Å². The summed E-state index contributed by atoms with van der Waals surface area (Å²) in [5.41, 5.74) is 2.02. The number of hydrogen-bond donors (Lipinski definition) is 1. The number of aryl methyl sites for hydroxylation is 1. The number of ether oxygens (including phenoxy) is 3. The van der Waals surface area contributed by atoms with Gasteiger partial charge in [0.2, 0.25) is 0 Å². The zero-order chi connectivity index (χ0) is 22.5. The van der Waals surface area contributed by atoms with E-state index in [9.17, 15) is 4.79 Å². The van der Waals surface area contributed by atoms with E-state index in [1.807, 2.05) is 12.1 Å². The molecule has 1 N–H and O–H groups in total. The van der Waals surface area contributed by atoms with Gasteiger partial charge in [0.25, 0.3) is 5.91 Å². The average molecular weight is 457 g/mol. The maximum Gasteiger partial charge on any atom is 0.291 e. The molecule has 4 rings (SSSR count). The van der Waals surface area contributed by atoms with Crippen molar-refractivity contribution in [3.05, 3.63) is 64.4 Å². The molecule has 1 aromatic carbocycles. The SMILES string of the molecule is CCc1cc(C(c2cccc(OC)c2OC)N2CCOCC2)c(NC(=O)c2ccco2)s1. The van der Waals surface area contributed by atoms with E-state index >= 15 is 0 Å². The lowest BCUT2D eigenvalue weighted by Gasteiger charge is -2.36. The van der Waals surface area contributed by atoms with Crippen LogP contribution in [0.15, 0.2) is 47.1 Å². The van der Waals surface area contributed by atoms with Crippen molar-refractivity contribution < 1.29 is 23.4 Å². The second-order valence-electron chi connectivity index (χ2n) is 7.42. The van der Waals surface area contributed by atoms with E-state index in [0.717, 1.165) is 35.6 Å². The molecule has 0 saturated carbocycles. The molecule has 1 amide bonds. The zero-order valence-electron chi connectivity index (χ0n) is 18.6. The van der Waals surface area contributed by atoms with E-state index in [-0.39, 0.29) is 17.7 Å². The van der Waals surface area contributed by atoms with Gasteiger partial charge in [-0.1, -0.05) is 19.1 Å². The highest BCUT2D eigenvalue weighted by Gasteiger charge is 2.32. The van der Waals surface area contributed by atoms with Crippen molar-refractivity contribution >= 4 is 22.2 Å². The van der Waals surface area contributed by atoms with E-state index in [4.69, 9.17) is 18.6 Å². The molecule has 32 heavy (non-hydrogen) atoms. The van der Waals surface area contributed by atoms with Crippen LogP contribution in [0.1, 0.15) is 39.5 Å². The summed E-state index contributed by atoms with van der Waals surface area (Å²) in [5.74, 6) is 1.39. The minimum Gasteiger partial charge on any atom is -0.493 e. The monoisotopic (exact) mass is 456 g/mol. The van der Waals surface area contributed by atoms with E-state index in [1.165, 1.54) is 11.1 Å². The summed E-state index contributed by atoms with van der Waals surface area (Å²) in [6, 6.07) is 11.3. The Labute approximate surface area is 191 Å². The largest absolute Gasteiger partial charge is 0.493 e. The van der Waals surface area contributed by atoms with Gasteiger partial charge in [-0.3, -0.25) is 9.69 Å². The quantitative estimate of drug-likeness (QED) is 0.534. The second-order valence-corrected chi connectivity index (χ2v) is 8.55. The molecule has 1 atom stereocenters. The maximum atomic E-state index is 12.8. The summed E-state index contributed by atoms with van der Waals surface area (Å²) in [7, 11) is 3.29. The Morgan fingerprint density at radius 3 is 2.62 bits per heavy atom. The van der Waals surface area contributed by atoms with Crippen LogP contribution in [0.4, 0.5) is 5.00 Å². The lowest BCUT2D eigenvalue weighted by atomic mass is 9.96. The van der Waals surface area contributed by atoms with Crippen molar-refractivity contribution in [3.63, 3.8) is 0 Å². The molecular weight excluding hydrogens is 428 g/mol. The number of nitrogens with zero attached hydrogens (tertiary/aromatic N) is 1. The fraction of sp³-hybridized carbons (Fsp3) is 0.375. The van der Waals surface area contributed by atoms with Gasteiger partial charge < -0.3 is 23.9 Å². The third kappa shape index (κ3) is 4.53. The summed E-state index contributed by atoms with van der Waals surface area (Å²) in [6.07, 6.45) is 2.37.